The van der Waals surface area contributed by atoms with Gasteiger partial charge in [0.2, 0.25) is 0 Å². The molecule has 2 rings (SSSR count). The highest BCUT2D eigenvalue weighted by Crippen LogP contribution is 2.38. The largest absolute Gasteiger partial charge is 0.356 e. The zero-order valence-corrected chi connectivity index (χ0v) is 13.4. The van der Waals surface area contributed by atoms with E-state index in [0.29, 0.717) is 11.5 Å². The highest BCUT2D eigenvalue weighted by Gasteiger charge is 2.29. The number of nitrogens with zero attached hydrogens (tertiary/aromatic N) is 2. The molecular formula is C15H23BrN2. The van der Waals surface area contributed by atoms with Crippen molar-refractivity contribution in [2.24, 2.45) is 5.41 Å². The van der Waals surface area contributed by atoms with E-state index >= 15 is 0 Å². The summed E-state index contributed by atoms with van der Waals surface area (Å²) in [5, 5.41) is 0. The zero-order chi connectivity index (χ0) is 13.3. The Morgan fingerprint density at radius 2 is 1.94 bits per heavy atom. The van der Waals surface area contributed by atoms with E-state index in [2.05, 4.69) is 53.6 Å². The topological polar surface area (TPSA) is 16.1 Å². The maximum absolute atomic E-state index is 4.53. The van der Waals surface area contributed by atoms with E-state index in [0.717, 1.165) is 10.3 Å². The van der Waals surface area contributed by atoms with Crippen molar-refractivity contribution in [3.63, 3.8) is 0 Å². The van der Waals surface area contributed by atoms with Crippen LogP contribution in [0.1, 0.15) is 45.1 Å². The van der Waals surface area contributed by atoms with E-state index in [-0.39, 0.29) is 0 Å². The summed E-state index contributed by atoms with van der Waals surface area (Å²) < 4.78 is 1.14. The molecule has 1 saturated carbocycles. The minimum atomic E-state index is 0.522. The molecule has 0 unspecified atom stereocenters. The second-order valence-corrected chi connectivity index (χ2v) is 7.06. The second kappa shape index (κ2) is 5.20. The summed E-state index contributed by atoms with van der Waals surface area (Å²) in [6.07, 6.45) is 7.06. The average molecular weight is 311 g/mol. The number of anilines is 1. The van der Waals surface area contributed by atoms with Crippen LogP contribution in [-0.2, 0) is 0 Å². The molecule has 0 aliphatic heterocycles. The Labute approximate surface area is 119 Å². The van der Waals surface area contributed by atoms with Gasteiger partial charge in [-0.15, -0.1) is 0 Å². The van der Waals surface area contributed by atoms with Crippen LogP contribution in [-0.4, -0.2) is 18.1 Å². The Kier molecular flexibility index (Phi) is 4.00. The molecule has 0 atom stereocenters. The Morgan fingerprint density at radius 3 is 2.56 bits per heavy atom. The Hall–Kier alpha value is -0.570. The maximum atomic E-state index is 4.53. The molecule has 18 heavy (non-hydrogen) atoms. The van der Waals surface area contributed by atoms with Gasteiger partial charge in [-0.2, -0.15) is 0 Å². The summed E-state index contributed by atoms with van der Waals surface area (Å²) in [4.78, 5) is 6.88. The maximum Gasteiger partial charge on any atom is 0.143 e. The monoisotopic (exact) mass is 310 g/mol. The normalized spacial score (nSPS) is 19.8. The summed E-state index contributed by atoms with van der Waals surface area (Å²) in [5.74, 6) is 1.08. The summed E-state index contributed by atoms with van der Waals surface area (Å²) in [5.41, 5.74) is 1.78. The minimum Gasteiger partial charge on any atom is -0.356 e. The van der Waals surface area contributed by atoms with Gasteiger partial charge < -0.3 is 4.90 Å². The fourth-order valence-corrected chi connectivity index (χ4v) is 3.23. The number of hydrogen-bond donors (Lipinski definition) is 0. The molecular weight excluding hydrogens is 288 g/mol. The summed E-state index contributed by atoms with van der Waals surface area (Å²) >= 11 is 3.67. The molecule has 0 spiro atoms. The van der Waals surface area contributed by atoms with Crippen LogP contribution in [0.25, 0.3) is 0 Å². The number of aromatic nitrogens is 1. The summed E-state index contributed by atoms with van der Waals surface area (Å²) in [6.45, 7) is 6.88. The Morgan fingerprint density at radius 1 is 1.33 bits per heavy atom. The van der Waals surface area contributed by atoms with Gasteiger partial charge in [-0.1, -0.05) is 13.8 Å². The molecule has 0 N–H and O–H groups in total. The van der Waals surface area contributed by atoms with Crippen molar-refractivity contribution in [3.8, 4) is 0 Å². The van der Waals surface area contributed by atoms with Crippen LogP contribution in [0.3, 0.4) is 0 Å². The van der Waals surface area contributed by atoms with Gasteiger partial charge in [0.05, 0.1) is 4.47 Å². The van der Waals surface area contributed by atoms with E-state index in [1.165, 1.54) is 31.2 Å². The van der Waals surface area contributed by atoms with Gasteiger partial charge in [0.15, 0.2) is 0 Å². The van der Waals surface area contributed by atoms with Crippen LogP contribution >= 0.6 is 15.9 Å². The van der Waals surface area contributed by atoms with Crippen LogP contribution < -0.4 is 4.90 Å². The number of rotatable bonds is 2. The predicted molar refractivity (Wildman–Crippen MR) is 81.1 cm³/mol. The molecule has 0 amide bonds. The lowest BCUT2D eigenvalue weighted by Crippen LogP contribution is -2.37. The molecule has 100 valence electrons. The SMILES string of the molecule is Cc1ccnc(N(C)C2CCC(C)(C)CC2)c1Br. The van der Waals surface area contributed by atoms with Gasteiger partial charge >= 0.3 is 0 Å². The highest BCUT2D eigenvalue weighted by molar-refractivity contribution is 9.10. The van der Waals surface area contributed by atoms with E-state index in [9.17, 15) is 0 Å². The molecule has 1 fully saturated rings. The van der Waals surface area contributed by atoms with Gasteiger partial charge in [-0.05, 0) is 65.6 Å². The van der Waals surface area contributed by atoms with Crippen molar-refractivity contribution in [3.05, 3.63) is 22.3 Å². The molecule has 1 aliphatic carbocycles. The average Bonchev–Trinajstić information content (AvgIpc) is 2.32. The minimum absolute atomic E-state index is 0.522. The molecule has 0 radical (unpaired) electrons. The molecule has 2 nitrogen and oxygen atoms in total. The lowest BCUT2D eigenvalue weighted by Gasteiger charge is -2.39. The summed E-state index contributed by atoms with van der Waals surface area (Å²) in [6, 6.07) is 2.68. The predicted octanol–water partition coefficient (Wildman–Crippen LogP) is 4.56. The van der Waals surface area contributed by atoms with Gasteiger partial charge in [0, 0.05) is 19.3 Å². The van der Waals surface area contributed by atoms with Crippen LogP contribution in [0.15, 0.2) is 16.7 Å². The zero-order valence-electron chi connectivity index (χ0n) is 11.8. The third kappa shape index (κ3) is 2.87. The molecule has 0 saturated heterocycles. The van der Waals surface area contributed by atoms with Crippen LogP contribution in [0.2, 0.25) is 0 Å². The van der Waals surface area contributed by atoms with Crippen molar-refractivity contribution in [2.45, 2.75) is 52.5 Å². The first kappa shape index (κ1) is 13.9. The van der Waals surface area contributed by atoms with Crippen molar-refractivity contribution in [1.29, 1.82) is 0 Å². The van der Waals surface area contributed by atoms with Gasteiger partial charge in [-0.3, -0.25) is 0 Å². The van der Waals surface area contributed by atoms with Crippen molar-refractivity contribution < 1.29 is 0 Å². The smallest absolute Gasteiger partial charge is 0.143 e. The molecule has 0 aromatic carbocycles. The number of hydrogen-bond acceptors (Lipinski definition) is 2. The van der Waals surface area contributed by atoms with Gasteiger partial charge in [0.25, 0.3) is 0 Å². The Balaban J connectivity index is 2.12. The molecule has 1 heterocycles. The van der Waals surface area contributed by atoms with E-state index in [1.54, 1.807) is 0 Å². The lowest BCUT2D eigenvalue weighted by molar-refractivity contribution is 0.222. The van der Waals surface area contributed by atoms with Gasteiger partial charge in [-0.25, -0.2) is 4.98 Å². The fraction of sp³-hybridized carbons (Fsp3) is 0.667. The van der Waals surface area contributed by atoms with Crippen molar-refractivity contribution in [2.75, 3.05) is 11.9 Å². The van der Waals surface area contributed by atoms with E-state index in [1.807, 2.05) is 12.3 Å². The van der Waals surface area contributed by atoms with E-state index in [4.69, 9.17) is 0 Å². The lowest BCUT2D eigenvalue weighted by atomic mass is 9.75. The van der Waals surface area contributed by atoms with Crippen molar-refractivity contribution >= 4 is 21.7 Å². The second-order valence-electron chi connectivity index (χ2n) is 6.27. The first-order valence-electron chi connectivity index (χ1n) is 6.75. The molecule has 1 aromatic rings. The first-order chi connectivity index (χ1) is 8.41. The van der Waals surface area contributed by atoms with Crippen LogP contribution in [0.4, 0.5) is 5.82 Å². The standard InChI is InChI=1S/C15H23BrN2/c1-11-7-10-17-14(13(11)16)18(4)12-5-8-15(2,3)9-6-12/h7,10,12H,5-6,8-9H2,1-4H3. The number of halogens is 1. The molecule has 3 heteroatoms. The fourth-order valence-electron chi connectivity index (χ4n) is 2.72. The third-order valence-electron chi connectivity index (χ3n) is 4.25. The first-order valence-corrected chi connectivity index (χ1v) is 7.54. The number of aryl methyl sites for hydroxylation is 1. The molecule has 0 bridgehead atoms. The van der Waals surface area contributed by atoms with Crippen LogP contribution in [0, 0.1) is 12.3 Å². The van der Waals surface area contributed by atoms with Crippen molar-refractivity contribution in [1.82, 2.24) is 4.98 Å². The van der Waals surface area contributed by atoms with E-state index < -0.39 is 0 Å². The number of pyridine rings is 1. The molecule has 1 aliphatic rings. The molecule has 1 aromatic heterocycles. The quantitative estimate of drug-likeness (QED) is 0.796. The van der Waals surface area contributed by atoms with Gasteiger partial charge in [0.1, 0.15) is 5.82 Å². The summed E-state index contributed by atoms with van der Waals surface area (Å²) in [7, 11) is 2.18. The Bertz CT molecular complexity index is 419. The highest BCUT2D eigenvalue weighted by atomic mass is 79.9. The third-order valence-corrected chi connectivity index (χ3v) is 5.23. The van der Waals surface area contributed by atoms with Crippen LogP contribution in [0.5, 0.6) is 0 Å².